The third-order valence-corrected chi connectivity index (χ3v) is 4.26. The normalized spacial score (nSPS) is 13.1. The van der Waals surface area contributed by atoms with Crippen molar-refractivity contribution in [2.45, 2.75) is 25.1 Å². The molecule has 1 aromatic heterocycles. The summed E-state index contributed by atoms with van der Waals surface area (Å²) in [6, 6.07) is 4.74. The molecule has 1 atom stereocenters. The monoisotopic (exact) mass is 270 g/mol. The molecule has 1 unspecified atom stereocenters. The van der Waals surface area contributed by atoms with E-state index in [-0.39, 0.29) is 5.82 Å². The van der Waals surface area contributed by atoms with E-state index in [0.717, 1.165) is 24.0 Å². The molecule has 0 amide bonds. The Morgan fingerprint density at radius 1 is 1.53 bits per heavy atom. The molecule has 92 valence electrons. The Balaban J connectivity index is 2.33. The van der Waals surface area contributed by atoms with E-state index in [4.69, 9.17) is 12.2 Å². The zero-order valence-corrected chi connectivity index (χ0v) is 11.5. The summed E-state index contributed by atoms with van der Waals surface area (Å²) in [5.74, 6) is -0.238. The second-order valence-electron chi connectivity index (χ2n) is 4.08. The van der Waals surface area contributed by atoms with E-state index in [1.54, 1.807) is 6.07 Å². The van der Waals surface area contributed by atoms with Crippen LogP contribution in [0, 0.1) is 10.6 Å². The van der Waals surface area contributed by atoms with E-state index < -0.39 is 0 Å². The summed E-state index contributed by atoms with van der Waals surface area (Å²) >= 11 is 7.11. The van der Waals surface area contributed by atoms with Crippen LogP contribution in [0.2, 0.25) is 0 Å². The molecular weight excluding hydrogens is 255 g/mol. The molecule has 1 aromatic carbocycles. The van der Waals surface area contributed by atoms with Crippen LogP contribution in [0.25, 0.3) is 11.0 Å². The van der Waals surface area contributed by atoms with Crippen LogP contribution in [0.15, 0.2) is 18.2 Å². The number of nitrogens with one attached hydrogen (secondary N) is 1. The van der Waals surface area contributed by atoms with Gasteiger partial charge in [-0.25, -0.2) is 4.39 Å². The van der Waals surface area contributed by atoms with Gasteiger partial charge in [0, 0.05) is 11.8 Å². The standard InChI is InChI=1S/C12H15FN2S2/c1-8(17-2)5-6-15-11-4-3-9(13)7-10(11)14-12(15)16/h3-4,7-8H,5-6H2,1-2H3,(H,14,16). The van der Waals surface area contributed by atoms with Crippen LogP contribution in [-0.2, 0) is 6.54 Å². The number of halogens is 1. The van der Waals surface area contributed by atoms with Gasteiger partial charge in [0.15, 0.2) is 4.77 Å². The van der Waals surface area contributed by atoms with E-state index in [0.29, 0.717) is 10.0 Å². The number of imidazole rings is 1. The summed E-state index contributed by atoms with van der Waals surface area (Å²) in [5, 5.41) is 0.599. The summed E-state index contributed by atoms with van der Waals surface area (Å²) in [4.78, 5) is 3.04. The van der Waals surface area contributed by atoms with Gasteiger partial charge in [0.1, 0.15) is 5.82 Å². The first-order valence-corrected chi connectivity index (χ1v) is 7.22. The van der Waals surface area contributed by atoms with Crippen molar-refractivity contribution in [1.29, 1.82) is 0 Å². The summed E-state index contributed by atoms with van der Waals surface area (Å²) in [6.45, 7) is 3.06. The Morgan fingerprint density at radius 2 is 2.29 bits per heavy atom. The lowest BCUT2D eigenvalue weighted by Gasteiger charge is -2.09. The molecule has 0 spiro atoms. The fourth-order valence-electron chi connectivity index (χ4n) is 1.79. The number of hydrogen-bond acceptors (Lipinski definition) is 2. The van der Waals surface area contributed by atoms with Crippen LogP contribution in [0.3, 0.4) is 0 Å². The highest BCUT2D eigenvalue weighted by molar-refractivity contribution is 7.99. The molecule has 0 fully saturated rings. The predicted molar refractivity (Wildman–Crippen MR) is 74.7 cm³/mol. The highest BCUT2D eigenvalue weighted by Gasteiger charge is 2.07. The van der Waals surface area contributed by atoms with Crippen molar-refractivity contribution < 1.29 is 4.39 Å². The van der Waals surface area contributed by atoms with Crippen molar-refractivity contribution in [2.75, 3.05) is 6.26 Å². The average Bonchev–Trinajstić information content (AvgIpc) is 2.61. The number of H-pyrrole nitrogens is 1. The van der Waals surface area contributed by atoms with Gasteiger partial charge >= 0.3 is 0 Å². The summed E-state index contributed by atoms with van der Waals surface area (Å²) in [6.07, 6.45) is 3.16. The number of aromatic nitrogens is 2. The molecule has 0 radical (unpaired) electrons. The van der Waals surface area contributed by atoms with E-state index in [9.17, 15) is 4.39 Å². The van der Waals surface area contributed by atoms with E-state index in [1.165, 1.54) is 12.1 Å². The van der Waals surface area contributed by atoms with Crippen molar-refractivity contribution >= 4 is 35.0 Å². The fourth-order valence-corrected chi connectivity index (χ4v) is 2.43. The van der Waals surface area contributed by atoms with Gasteiger partial charge in [-0.05, 0) is 43.1 Å². The number of aryl methyl sites for hydroxylation is 1. The van der Waals surface area contributed by atoms with E-state index >= 15 is 0 Å². The highest BCUT2D eigenvalue weighted by atomic mass is 32.2. The van der Waals surface area contributed by atoms with Gasteiger partial charge in [-0.15, -0.1) is 0 Å². The average molecular weight is 270 g/mol. The van der Waals surface area contributed by atoms with Crippen molar-refractivity contribution in [2.24, 2.45) is 0 Å². The van der Waals surface area contributed by atoms with Crippen molar-refractivity contribution in [3.05, 3.63) is 28.8 Å². The summed E-state index contributed by atoms with van der Waals surface area (Å²) in [5.41, 5.74) is 1.75. The predicted octanol–water partition coefficient (Wildman–Crippen LogP) is 3.98. The molecular formula is C12H15FN2S2. The number of thioether (sulfide) groups is 1. The van der Waals surface area contributed by atoms with Crippen LogP contribution in [-0.4, -0.2) is 21.1 Å². The molecule has 0 saturated heterocycles. The number of hydrogen-bond donors (Lipinski definition) is 1. The first-order valence-electron chi connectivity index (χ1n) is 5.52. The van der Waals surface area contributed by atoms with Crippen LogP contribution >= 0.6 is 24.0 Å². The maximum Gasteiger partial charge on any atom is 0.178 e. The van der Waals surface area contributed by atoms with Gasteiger partial charge in [-0.1, -0.05) is 6.92 Å². The van der Waals surface area contributed by atoms with Gasteiger partial charge in [-0.3, -0.25) is 0 Å². The fraction of sp³-hybridized carbons (Fsp3) is 0.417. The lowest BCUT2D eigenvalue weighted by molar-refractivity contribution is 0.628. The highest BCUT2D eigenvalue weighted by Crippen LogP contribution is 2.18. The van der Waals surface area contributed by atoms with Gasteiger partial charge in [0.25, 0.3) is 0 Å². The minimum Gasteiger partial charge on any atom is -0.330 e. The smallest absolute Gasteiger partial charge is 0.178 e. The topological polar surface area (TPSA) is 20.7 Å². The molecule has 0 bridgehead atoms. The molecule has 2 nitrogen and oxygen atoms in total. The number of fused-ring (bicyclic) bond motifs is 1. The third kappa shape index (κ3) is 2.72. The van der Waals surface area contributed by atoms with E-state index in [2.05, 4.69) is 18.2 Å². The Labute approximate surface area is 109 Å². The van der Waals surface area contributed by atoms with Crippen LogP contribution in [0.4, 0.5) is 4.39 Å². The maximum absolute atomic E-state index is 13.1. The Hall–Kier alpha value is -0.810. The zero-order valence-electron chi connectivity index (χ0n) is 9.87. The number of rotatable bonds is 4. The molecule has 0 aliphatic rings. The largest absolute Gasteiger partial charge is 0.330 e. The first-order chi connectivity index (χ1) is 8.11. The lowest BCUT2D eigenvalue weighted by atomic mass is 10.3. The van der Waals surface area contributed by atoms with Gasteiger partial charge in [0.2, 0.25) is 0 Å². The van der Waals surface area contributed by atoms with Gasteiger partial charge < -0.3 is 9.55 Å². The third-order valence-electron chi connectivity index (χ3n) is 2.90. The second kappa shape index (κ2) is 5.23. The quantitative estimate of drug-likeness (QED) is 0.848. The number of aromatic amines is 1. The molecule has 0 aliphatic carbocycles. The van der Waals surface area contributed by atoms with Gasteiger partial charge in [0.05, 0.1) is 11.0 Å². The first kappa shape index (κ1) is 12.6. The molecule has 2 aromatic rings. The molecule has 0 saturated carbocycles. The second-order valence-corrected chi connectivity index (χ2v) is 5.74. The number of benzene rings is 1. The Morgan fingerprint density at radius 3 is 3.00 bits per heavy atom. The summed E-state index contributed by atoms with van der Waals surface area (Å²) < 4.78 is 15.8. The minimum absolute atomic E-state index is 0.238. The maximum atomic E-state index is 13.1. The van der Waals surface area contributed by atoms with Crippen molar-refractivity contribution in [3.8, 4) is 0 Å². The molecule has 5 heteroatoms. The van der Waals surface area contributed by atoms with Crippen LogP contribution in [0.5, 0.6) is 0 Å². The van der Waals surface area contributed by atoms with Crippen molar-refractivity contribution in [1.82, 2.24) is 9.55 Å². The SMILES string of the molecule is CSC(C)CCn1c(=S)[nH]c2cc(F)ccc21. The zero-order chi connectivity index (χ0) is 12.4. The Bertz CT molecular complexity index is 573. The lowest BCUT2D eigenvalue weighted by Crippen LogP contribution is -2.04. The van der Waals surface area contributed by atoms with E-state index in [1.807, 2.05) is 16.3 Å². The van der Waals surface area contributed by atoms with Crippen LogP contribution in [0.1, 0.15) is 13.3 Å². The number of nitrogens with zero attached hydrogens (tertiary/aromatic N) is 1. The van der Waals surface area contributed by atoms with Crippen molar-refractivity contribution in [3.63, 3.8) is 0 Å². The minimum atomic E-state index is -0.238. The molecule has 1 N–H and O–H groups in total. The Kier molecular flexibility index (Phi) is 3.89. The molecule has 1 heterocycles. The molecule has 0 aliphatic heterocycles. The molecule has 17 heavy (non-hydrogen) atoms. The van der Waals surface area contributed by atoms with Gasteiger partial charge in [-0.2, -0.15) is 11.8 Å². The summed E-state index contributed by atoms with van der Waals surface area (Å²) in [7, 11) is 0. The molecule has 2 rings (SSSR count). The van der Waals surface area contributed by atoms with Crippen LogP contribution < -0.4 is 0 Å².